The molecule has 1 amide bonds. The van der Waals surface area contributed by atoms with Crippen molar-refractivity contribution < 1.29 is 13.2 Å². The summed E-state index contributed by atoms with van der Waals surface area (Å²) in [7, 11) is -1.50. The Morgan fingerprint density at radius 2 is 1.72 bits per heavy atom. The zero-order valence-electron chi connectivity index (χ0n) is 17.6. The van der Waals surface area contributed by atoms with Gasteiger partial charge in [-0.2, -0.15) is 0 Å². The fourth-order valence-corrected chi connectivity index (χ4v) is 5.38. The number of amides is 1. The third-order valence-corrected chi connectivity index (χ3v) is 7.33. The molecule has 2 aliphatic rings. The van der Waals surface area contributed by atoms with Crippen molar-refractivity contribution >= 4 is 21.6 Å². The second kappa shape index (κ2) is 9.91. The number of para-hydroxylation sites is 1. The van der Waals surface area contributed by atoms with Crippen molar-refractivity contribution in [3.8, 4) is 0 Å². The second-order valence-corrected chi connectivity index (χ2v) is 10.3. The number of nitrogens with zero attached hydrogens (tertiary/aromatic N) is 2. The summed E-state index contributed by atoms with van der Waals surface area (Å²) >= 11 is 0. The quantitative estimate of drug-likeness (QED) is 0.697. The van der Waals surface area contributed by atoms with E-state index in [0.29, 0.717) is 12.5 Å². The van der Waals surface area contributed by atoms with Crippen molar-refractivity contribution in [3.63, 3.8) is 0 Å². The molecule has 0 unspecified atom stereocenters. The van der Waals surface area contributed by atoms with Gasteiger partial charge in [0, 0.05) is 44.5 Å². The molecule has 2 N–H and O–H groups in total. The number of likely N-dealkylation sites (N-methyl/N-ethyl adjacent to an activating group) is 1. The predicted molar refractivity (Wildman–Crippen MR) is 116 cm³/mol. The first-order valence-electron chi connectivity index (χ1n) is 10.6. The standard InChI is InChI=1S/C21H34N4O3S/c1-17-7-9-19(10-8-17)23-29(27,28)16-21(26)22-15-18-5-3-4-6-20(18)25-13-11-24(2)12-14-25/h3-6,17,19,23H,7-16H2,1-2H3,(H,22,26). The Labute approximate surface area is 174 Å². The number of carbonyl (C=O) groups excluding carboxylic acids is 1. The Balaban J connectivity index is 1.51. The Morgan fingerprint density at radius 3 is 2.41 bits per heavy atom. The number of hydrogen-bond donors (Lipinski definition) is 2. The summed E-state index contributed by atoms with van der Waals surface area (Å²) in [6.45, 7) is 6.42. The number of sulfonamides is 1. The molecule has 0 atom stereocenters. The molecule has 8 heteroatoms. The van der Waals surface area contributed by atoms with Gasteiger partial charge in [0.25, 0.3) is 0 Å². The fraction of sp³-hybridized carbons (Fsp3) is 0.667. The van der Waals surface area contributed by atoms with Crippen LogP contribution in [-0.2, 0) is 21.4 Å². The van der Waals surface area contributed by atoms with Gasteiger partial charge in [0.15, 0.2) is 0 Å². The van der Waals surface area contributed by atoms with Gasteiger partial charge in [-0.1, -0.05) is 25.1 Å². The molecular formula is C21H34N4O3S. The lowest BCUT2D eigenvalue weighted by atomic mass is 9.88. The van der Waals surface area contributed by atoms with Crippen LogP contribution in [0, 0.1) is 5.92 Å². The Morgan fingerprint density at radius 1 is 1.07 bits per heavy atom. The average molecular weight is 423 g/mol. The smallest absolute Gasteiger partial charge is 0.236 e. The highest BCUT2D eigenvalue weighted by Gasteiger charge is 2.25. The summed E-state index contributed by atoms with van der Waals surface area (Å²) in [5, 5.41) is 2.79. The van der Waals surface area contributed by atoms with Crippen LogP contribution in [0.4, 0.5) is 5.69 Å². The molecule has 1 heterocycles. The maximum Gasteiger partial charge on any atom is 0.236 e. The molecular weight excluding hydrogens is 388 g/mol. The van der Waals surface area contributed by atoms with E-state index in [2.05, 4.69) is 39.9 Å². The summed E-state index contributed by atoms with van der Waals surface area (Å²) in [6, 6.07) is 7.96. The van der Waals surface area contributed by atoms with Crippen molar-refractivity contribution in [2.24, 2.45) is 5.92 Å². The van der Waals surface area contributed by atoms with Gasteiger partial charge in [0.05, 0.1) is 0 Å². The first kappa shape index (κ1) is 22.1. The molecule has 1 aliphatic heterocycles. The molecule has 162 valence electrons. The van der Waals surface area contributed by atoms with Crippen molar-refractivity contribution in [2.75, 3.05) is 43.9 Å². The Hall–Kier alpha value is -1.64. The van der Waals surface area contributed by atoms with Crippen LogP contribution in [0.3, 0.4) is 0 Å². The lowest BCUT2D eigenvalue weighted by Gasteiger charge is -2.35. The number of nitrogens with one attached hydrogen (secondary N) is 2. The van der Waals surface area contributed by atoms with E-state index < -0.39 is 21.7 Å². The van der Waals surface area contributed by atoms with Gasteiger partial charge in [-0.15, -0.1) is 0 Å². The molecule has 1 saturated heterocycles. The largest absolute Gasteiger partial charge is 0.369 e. The lowest BCUT2D eigenvalue weighted by molar-refractivity contribution is -0.118. The van der Waals surface area contributed by atoms with E-state index in [-0.39, 0.29) is 6.04 Å². The summed E-state index contributed by atoms with van der Waals surface area (Å²) in [6.07, 6.45) is 3.76. The minimum atomic E-state index is -3.62. The maximum atomic E-state index is 12.4. The van der Waals surface area contributed by atoms with Gasteiger partial charge in [0.1, 0.15) is 5.75 Å². The van der Waals surface area contributed by atoms with Gasteiger partial charge in [0.2, 0.25) is 15.9 Å². The highest BCUT2D eigenvalue weighted by atomic mass is 32.2. The van der Waals surface area contributed by atoms with Gasteiger partial charge in [-0.25, -0.2) is 13.1 Å². The SMILES string of the molecule is CC1CCC(NS(=O)(=O)CC(=O)NCc2ccccc2N2CCN(C)CC2)CC1. The molecule has 0 bridgehead atoms. The highest BCUT2D eigenvalue weighted by Crippen LogP contribution is 2.24. The Kier molecular flexibility index (Phi) is 7.54. The normalized spacial score (nSPS) is 23.7. The average Bonchev–Trinajstić information content (AvgIpc) is 2.68. The van der Waals surface area contributed by atoms with Crippen LogP contribution < -0.4 is 14.9 Å². The van der Waals surface area contributed by atoms with Crippen molar-refractivity contribution in [1.29, 1.82) is 0 Å². The number of hydrogen-bond acceptors (Lipinski definition) is 5. The van der Waals surface area contributed by atoms with Crippen molar-refractivity contribution in [2.45, 2.75) is 45.2 Å². The van der Waals surface area contributed by atoms with Crippen molar-refractivity contribution in [1.82, 2.24) is 14.9 Å². The fourth-order valence-electron chi connectivity index (χ4n) is 4.11. The summed E-state index contributed by atoms with van der Waals surface area (Å²) < 4.78 is 27.4. The maximum absolute atomic E-state index is 12.4. The first-order chi connectivity index (χ1) is 13.8. The van der Waals surface area contributed by atoms with Gasteiger partial charge in [-0.3, -0.25) is 4.79 Å². The summed E-state index contributed by atoms with van der Waals surface area (Å²) in [4.78, 5) is 16.9. The monoisotopic (exact) mass is 422 g/mol. The minimum Gasteiger partial charge on any atom is -0.369 e. The third kappa shape index (κ3) is 6.69. The summed E-state index contributed by atoms with van der Waals surface area (Å²) in [5.74, 6) is -0.329. The highest BCUT2D eigenvalue weighted by molar-refractivity contribution is 7.90. The molecule has 1 aromatic rings. The lowest BCUT2D eigenvalue weighted by Crippen LogP contribution is -2.45. The van der Waals surface area contributed by atoms with E-state index in [9.17, 15) is 13.2 Å². The molecule has 1 aliphatic carbocycles. The predicted octanol–water partition coefficient (Wildman–Crippen LogP) is 1.55. The van der Waals surface area contributed by atoms with Crippen LogP contribution in [-0.4, -0.2) is 64.2 Å². The zero-order chi connectivity index (χ0) is 20.9. The van der Waals surface area contributed by atoms with Gasteiger partial charge in [-0.05, 0) is 50.3 Å². The molecule has 29 heavy (non-hydrogen) atoms. The summed E-state index contributed by atoms with van der Waals surface area (Å²) in [5.41, 5.74) is 2.12. The molecule has 7 nitrogen and oxygen atoms in total. The molecule has 0 radical (unpaired) electrons. The van der Waals surface area contributed by atoms with Crippen LogP contribution in [0.2, 0.25) is 0 Å². The Bertz CT molecular complexity index is 783. The van der Waals surface area contributed by atoms with E-state index in [1.807, 2.05) is 18.2 Å². The second-order valence-electron chi connectivity index (χ2n) is 8.53. The topological polar surface area (TPSA) is 81.7 Å². The van der Waals surface area contributed by atoms with E-state index in [1.165, 1.54) is 0 Å². The van der Waals surface area contributed by atoms with Gasteiger partial charge >= 0.3 is 0 Å². The molecule has 0 spiro atoms. The molecule has 1 aromatic carbocycles. The van der Waals surface area contributed by atoms with Crippen molar-refractivity contribution in [3.05, 3.63) is 29.8 Å². The molecule has 2 fully saturated rings. The van der Waals surface area contributed by atoms with Crippen LogP contribution >= 0.6 is 0 Å². The molecule has 3 rings (SSSR count). The number of benzene rings is 1. The van der Waals surface area contributed by atoms with E-state index in [1.54, 1.807) is 0 Å². The van der Waals surface area contributed by atoms with Crippen LogP contribution in [0.15, 0.2) is 24.3 Å². The van der Waals surface area contributed by atoms with Gasteiger partial charge < -0.3 is 15.1 Å². The van der Waals surface area contributed by atoms with E-state index in [0.717, 1.165) is 63.1 Å². The number of anilines is 1. The molecule has 1 saturated carbocycles. The minimum absolute atomic E-state index is 0.0399. The van der Waals surface area contributed by atoms with Crippen LogP contribution in [0.1, 0.15) is 38.2 Å². The van der Waals surface area contributed by atoms with Crippen LogP contribution in [0.25, 0.3) is 0 Å². The number of rotatable bonds is 7. The third-order valence-electron chi connectivity index (χ3n) is 5.99. The molecule has 0 aromatic heterocycles. The number of carbonyl (C=O) groups is 1. The van der Waals surface area contributed by atoms with E-state index >= 15 is 0 Å². The van der Waals surface area contributed by atoms with Crippen LogP contribution in [0.5, 0.6) is 0 Å². The van der Waals surface area contributed by atoms with E-state index in [4.69, 9.17) is 0 Å². The first-order valence-corrected chi connectivity index (χ1v) is 12.3. The zero-order valence-corrected chi connectivity index (χ0v) is 18.4. The number of piperazine rings is 1.